The molecule has 2 saturated heterocycles. The van der Waals surface area contributed by atoms with Gasteiger partial charge in [0, 0.05) is 30.1 Å². The van der Waals surface area contributed by atoms with E-state index < -0.39 is 40.9 Å². The van der Waals surface area contributed by atoms with Crippen LogP contribution in [0, 0.1) is 23.2 Å². The van der Waals surface area contributed by atoms with Crippen LogP contribution in [0.1, 0.15) is 146 Å². The molecule has 260 valence electrons. The number of ketones is 1. The van der Waals surface area contributed by atoms with Crippen molar-refractivity contribution in [2.45, 2.75) is 181 Å². The lowest BCUT2D eigenvalue weighted by Gasteiger charge is -2.46. The van der Waals surface area contributed by atoms with Crippen LogP contribution in [-0.4, -0.2) is 53.3 Å². The molecular weight excluding hydrogens is 580 g/mol. The first-order valence-corrected chi connectivity index (χ1v) is 18.4. The fourth-order valence-corrected chi connectivity index (χ4v) is 9.23. The first kappa shape index (κ1) is 35.8. The molecule has 2 heterocycles. The van der Waals surface area contributed by atoms with E-state index in [0.29, 0.717) is 19.4 Å². The summed E-state index contributed by atoms with van der Waals surface area (Å²) in [5, 5.41) is 0. The van der Waals surface area contributed by atoms with Crippen LogP contribution in [0.2, 0.25) is 0 Å². The first-order valence-electron chi connectivity index (χ1n) is 18.4. The van der Waals surface area contributed by atoms with Gasteiger partial charge in [-0.2, -0.15) is 0 Å². The van der Waals surface area contributed by atoms with Gasteiger partial charge in [0.25, 0.3) is 0 Å². The number of carbonyl (C=O) groups is 2. The number of allylic oxidation sites excluding steroid dienone is 2. The van der Waals surface area contributed by atoms with Crippen LogP contribution in [0.25, 0.3) is 0 Å². The van der Waals surface area contributed by atoms with Crippen LogP contribution >= 0.6 is 0 Å². The molecule has 0 aromatic carbocycles. The average Bonchev–Trinajstić information content (AvgIpc) is 3.30. The lowest BCUT2D eigenvalue weighted by atomic mass is 9.78. The number of Topliss-reactive ketones (excluding diaryl/α,β-unsaturated/α-hetero) is 1. The van der Waals surface area contributed by atoms with Crippen molar-refractivity contribution in [2.24, 2.45) is 23.2 Å². The number of esters is 1. The second kappa shape index (κ2) is 13.4. The molecule has 5 aliphatic rings. The summed E-state index contributed by atoms with van der Waals surface area (Å²) in [5.41, 5.74) is -0.151. The average molecular weight is 643 g/mol. The maximum atomic E-state index is 14.6. The van der Waals surface area contributed by atoms with Crippen molar-refractivity contribution in [1.29, 1.82) is 0 Å². The van der Waals surface area contributed by atoms with Gasteiger partial charge in [0.2, 0.25) is 0 Å². The highest BCUT2D eigenvalue weighted by atomic mass is 16.8. The monoisotopic (exact) mass is 642 g/mol. The number of hydrogen-bond acceptors (Lipinski definition) is 7. The Morgan fingerprint density at radius 1 is 0.913 bits per heavy atom. The van der Waals surface area contributed by atoms with Gasteiger partial charge in [-0.15, -0.1) is 0 Å². The lowest BCUT2D eigenvalue weighted by Crippen LogP contribution is -2.59. The molecule has 1 saturated carbocycles. The number of carbonyl (C=O) groups excluding carboxylic acids is 2. The van der Waals surface area contributed by atoms with Crippen molar-refractivity contribution in [3.8, 4) is 0 Å². The van der Waals surface area contributed by atoms with Crippen molar-refractivity contribution in [2.75, 3.05) is 6.61 Å². The summed E-state index contributed by atoms with van der Waals surface area (Å²) in [5.74, 6) is -2.11. The van der Waals surface area contributed by atoms with Gasteiger partial charge in [0.15, 0.2) is 11.6 Å². The fraction of sp³-hybridized carbons (Fsp3) is 0.846. The van der Waals surface area contributed by atoms with Gasteiger partial charge in [0.05, 0.1) is 6.61 Å². The number of fused-ring (bicyclic) bond motifs is 5. The predicted molar refractivity (Wildman–Crippen MR) is 179 cm³/mol. The molecule has 2 bridgehead atoms. The third-order valence-corrected chi connectivity index (χ3v) is 11.6. The minimum Gasteiger partial charge on any atom is -0.458 e. The van der Waals surface area contributed by atoms with E-state index in [1.54, 1.807) is 0 Å². The zero-order valence-electron chi connectivity index (χ0n) is 30.3. The molecule has 0 N–H and O–H groups in total. The van der Waals surface area contributed by atoms with E-state index in [4.69, 9.17) is 23.7 Å². The summed E-state index contributed by atoms with van der Waals surface area (Å²) in [7, 11) is 0. The molecule has 3 aliphatic carbocycles. The summed E-state index contributed by atoms with van der Waals surface area (Å²) in [6, 6.07) is 0. The quantitative estimate of drug-likeness (QED) is 0.127. The number of hydrogen-bond donors (Lipinski definition) is 0. The normalized spacial score (nSPS) is 38.5. The van der Waals surface area contributed by atoms with Crippen LogP contribution in [0.3, 0.4) is 0 Å². The largest absolute Gasteiger partial charge is 0.458 e. The van der Waals surface area contributed by atoms with Gasteiger partial charge in [-0.25, -0.2) is 0 Å². The van der Waals surface area contributed by atoms with Crippen molar-refractivity contribution in [3.05, 3.63) is 23.3 Å². The molecular formula is C39H62O7. The molecule has 0 amide bonds. The van der Waals surface area contributed by atoms with Gasteiger partial charge in [-0.1, -0.05) is 91.2 Å². The van der Waals surface area contributed by atoms with E-state index in [2.05, 4.69) is 46.8 Å². The Kier molecular flexibility index (Phi) is 10.4. The molecule has 7 heteroatoms. The highest BCUT2D eigenvalue weighted by Gasteiger charge is 2.77. The fourth-order valence-electron chi connectivity index (χ4n) is 9.23. The Labute approximate surface area is 278 Å². The summed E-state index contributed by atoms with van der Waals surface area (Å²) >= 11 is 0. The van der Waals surface area contributed by atoms with Crippen molar-refractivity contribution < 1.29 is 33.3 Å². The van der Waals surface area contributed by atoms with Gasteiger partial charge >= 0.3 is 5.97 Å². The van der Waals surface area contributed by atoms with E-state index in [9.17, 15) is 9.59 Å². The maximum Gasteiger partial charge on any atom is 0.306 e. The van der Waals surface area contributed by atoms with E-state index in [1.807, 2.05) is 27.7 Å². The number of unbranched alkanes of at least 4 members (excludes halogenated alkanes) is 8. The van der Waals surface area contributed by atoms with E-state index in [-0.39, 0.29) is 35.4 Å². The zero-order valence-corrected chi connectivity index (χ0v) is 30.3. The molecule has 0 unspecified atom stereocenters. The first-order chi connectivity index (χ1) is 21.6. The van der Waals surface area contributed by atoms with Crippen molar-refractivity contribution in [3.63, 3.8) is 0 Å². The van der Waals surface area contributed by atoms with Crippen LogP contribution in [0.15, 0.2) is 23.3 Å². The topological polar surface area (TPSA) is 80.3 Å². The highest BCUT2D eigenvalue weighted by Crippen LogP contribution is 2.71. The standard InChI is InChI=1S/C39H62O7/c1-10-11-12-13-14-15-16-17-18-19-31(41)43-39-23-26(2)20-21-27(3)33-38(46-37(8,9)44-33)24-30(40)29(32(39)35(39,4)5)22-28-25-42-36(6,7)45-34(28)38/h21-22,26,29,32-34H,10-20,23-25H2,1-9H3/b27-21-/t26-,29+,32+,33-,34+,38+,39-/m0/s1. The number of ether oxygens (including phenoxy) is 5. The summed E-state index contributed by atoms with van der Waals surface area (Å²) in [6.45, 7) is 18.9. The zero-order chi connectivity index (χ0) is 33.5. The molecule has 1 spiro atoms. The molecule has 5 rings (SSSR count). The molecule has 0 radical (unpaired) electrons. The summed E-state index contributed by atoms with van der Waals surface area (Å²) in [4.78, 5) is 28.2. The van der Waals surface area contributed by atoms with E-state index >= 15 is 0 Å². The minimum absolute atomic E-state index is 0.0885. The maximum absolute atomic E-state index is 14.6. The summed E-state index contributed by atoms with van der Waals surface area (Å²) < 4.78 is 32.9. The predicted octanol–water partition coefficient (Wildman–Crippen LogP) is 8.78. The van der Waals surface area contributed by atoms with Crippen molar-refractivity contribution >= 4 is 11.8 Å². The van der Waals surface area contributed by atoms with Crippen molar-refractivity contribution in [1.82, 2.24) is 0 Å². The Bertz CT molecular complexity index is 1200. The highest BCUT2D eigenvalue weighted by molar-refractivity contribution is 5.86. The summed E-state index contributed by atoms with van der Waals surface area (Å²) in [6.07, 6.45) is 16.3. The molecule has 0 aromatic rings. The Morgan fingerprint density at radius 2 is 1.54 bits per heavy atom. The van der Waals surface area contributed by atoms with Crippen LogP contribution in [-0.2, 0) is 33.3 Å². The molecule has 7 nitrogen and oxygen atoms in total. The molecule has 3 fully saturated rings. The second-order valence-corrected chi connectivity index (χ2v) is 16.7. The van der Waals surface area contributed by atoms with Gasteiger partial charge in [0.1, 0.15) is 29.2 Å². The third kappa shape index (κ3) is 6.95. The second-order valence-electron chi connectivity index (χ2n) is 16.7. The molecule has 7 atom stereocenters. The minimum atomic E-state index is -1.03. The van der Waals surface area contributed by atoms with Gasteiger partial charge < -0.3 is 23.7 Å². The Hall–Kier alpha value is -1.54. The lowest BCUT2D eigenvalue weighted by molar-refractivity contribution is -0.290. The van der Waals surface area contributed by atoms with E-state index in [1.165, 1.54) is 44.9 Å². The molecule has 0 aromatic heterocycles. The molecule has 46 heavy (non-hydrogen) atoms. The SMILES string of the molecule is CCCCCCCCCCCC(=O)O[C@@]12C[C@@H](C)C/C=C(/C)[C@@H]3OC(C)(C)O[C@]34CC(=O)[C@@H](C=C3COC(C)(C)O[C@H]34)[C@@H]1C2(C)C. The van der Waals surface area contributed by atoms with Crippen LogP contribution in [0.5, 0.6) is 0 Å². The third-order valence-electron chi connectivity index (χ3n) is 11.6. The Morgan fingerprint density at radius 3 is 2.22 bits per heavy atom. The van der Waals surface area contributed by atoms with Crippen LogP contribution < -0.4 is 0 Å². The van der Waals surface area contributed by atoms with Crippen LogP contribution in [0.4, 0.5) is 0 Å². The van der Waals surface area contributed by atoms with Gasteiger partial charge in [-0.05, 0) is 70.9 Å². The number of rotatable bonds is 11. The van der Waals surface area contributed by atoms with E-state index in [0.717, 1.165) is 30.4 Å². The van der Waals surface area contributed by atoms with Gasteiger partial charge in [-0.3, -0.25) is 9.59 Å². The molecule has 2 aliphatic heterocycles. The Balaban J connectivity index is 1.41. The smallest absolute Gasteiger partial charge is 0.306 e.